The number of benzene rings is 2. The summed E-state index contributed by atoms with van der Waals surface area (Å²) in [4.78, 5) is 25.6. The molecule has 0 N–H and O–H groups in total. The van der Waals surface area contributed by atoms with E-state index in [1.54, 1.807) is 48.8 Å². The highest BCUT2D eigenvalue weighted by Crippen LogP contribution is 2.26. The molecule has 0 radical (unpaired) electrons. The molecule has 0 bridgehead atoms. The average molecular weight is 489 g/mol. The highest BCUT2D eigenvalue weighted by molar-refractivity contribution is 7.94. The van der Waals surface area contributed by atoms with E-state index in [9.17, 15) is 18.0 Å². The largest absolute Gasteiger partial charge is 0.482 e. The van der Waals surface area contributed by atoms with Crippen LogP contribution in [0.2, 0.25) is 0 Å². The van der Waals surface area contributed by atoms with E-state index >= 15 is 0 Å². The third-order valence-corrected chi connectivity index (χ3v) is 7.87. The Balaban J connectivity index is 1.45. The lowest BCUT2D eigenvalue weighted by atomic mass is 10.2. The number of ether oxygens (including phenoxy) is 2. The van der Waals surface area contributed by atoms with Crippen LogP contribution >= 0.6 is 11.3 Å². The molecule has 0 saturated carbocycles. The molecule has 0 fully saturated rings. The van der Waals surface area contributed by atoms with Crippen molar-refractivity contribution in [3.8, 4) is 5.75 Å². The van der Waals surface area contributed by atoms with Crippen molar-refractivity contribution in [2.75, 3.05) is 31.6 Å². The Kier molecular flexibility index (Phi) is 8.07. The van der Waals surface area contributed by atoms with Gasteiger partial charge in [0.05, 0.1) is 5.69 Å². The average Bonchev–Trinajstić information content (AvgIpc) is 3.37. The molecule has 8 nitrogen and oxygen atoms in total. The summed E-state index contributed by atoms with van der Waals surface area (Å²) in [6, 6.07) is 19.0. The van der Waals surface area contributed by atoms with Crippen LogP contribution in [-0.2, 0) is 30.9 Å². The summed E-state index contributed by atoms with van der Waals surface area (Å²) in [5.74, 6) is -0.644. The van der Waals surface area contributed by atoms with E-state index in [0.29, 0.717) is 18.0 Å². The number of thiophene rings is 1. The number of rotatable bonds is 10. The van der Waals surface area contributed by atoms with Gasteiger partial charge in [0.1, 0.15) is 9.96 Å². The van der Waals surface area contributed by atoms with E-state index in [0.717, 1.165) is 16.9 Å². The number of hydrogen-bond donors (Lipinski definition) is 0. The summed E-state index contributed by atoms with van der Waals surface area (Å²) in [5.41, 5.74) is 1.42. The molecular weight excluding hydrogens is 464 g/mol. The Labute approximate surface area is 197 Å². The first-order valence-corrected chi connectivity index (χ1v) is 12.3. The Morgan fingerprint density at radius 3 is 2.24 bits per heavy atom. The van der Waals surface area contributed by atoms with E-state index in [4.69, 9.17) is 9.47 Å². The molecule has 0 spiro atoms. The Morgan fingerprint density at radius 2 is 1.61 bits per heavy atom. The van der Waals surface area contributed by atoms with Gasteiger partial charge in [-0.1, -0.05) is 36.4 Å². The predicted molar refractivity (Wildman–Crippen MR) is 126 cm³/mol. The third-order valence-electron chi connectivity index (χ3n) is 4.71. The topological polar surface area (TPSA) is 93.2 Å². The summed E-state index contributed by atoms with van der Waals surface area (Å²) in [6.07, 6.45) is 0. The molecule has 3 aromatic rings. The van der Waals surface area contributed by atoms with Crippen LogP contribution in [0.3, 0.4) is 0 Å². The number of anilines is 1. The van der Waals surface area contributed by atoms with Crippen LogP contribution in [0.15, 0.2) is 76.3 Å². The van der Waals surface area contributed by atoms with Crippen molar-refractivity contribution in [3.63, 3.8) is 0 Å². The summed E-state index contributed by atoms with van der Waals surface area (Å²) < 4.78 is 37.0. The van der Waals surface area contributed by atoms with Crippen LogP contribution in [0.25, 0.3) is 0 Å². The first-order valence-electron chi connectivity index (χ1n) is 9.96. The van der Waals surface area contributed by atoms with Gasteiger partial charge < -0.3 is 14.4 Å². The smallest absolute Gasteiger partial charge is 0.344 e. The van der Waals surface area contributed by atoms with Crippen LogP contribution in [0.5, 0.6) is 5.75 Å². The standard InChI is InChI=1S/C23H24N2O6S2/c1-24(15-18-7-4-3-5-8-18)21(26)16-31-22(27)17-30-20-12-10-19(11-13-20)25(2)33(28,29)23-9-6-14-32-23/h3-14H,15-17H2,1-2H3. The number of sulfonamides is 1. The normalized spacial score (nSPS) is 11.0. The van der Waals surface area contributed by atoms with Gasteiger partial charge in [0, 0.05) is 20.6 Å². The van der Waals surface area contributed by atoms with Crippen molar-refractivity contribution < 1.29 is 27.5 Å². The Hall–Kier alpha value is -3.37. The number of amides is 1. The molecule has 10 heteroatoms. The van der Waals surface area contributed by atoms with Gasteiger partial charge in [0.2, 0.25) is 0 Å². The van der Waals surface area contributed by atoms with E-state index in [1.165, 1.54) is 16.3 Å². The third kappa shape index (κ3) is 6.56. The minimum absolute atomic E-state index is 0.247. The first kappa shape index (κ1) is 24.3. The van der Waals surface area contributed by atoms with Crippen molar-refractivity contribution in [1.82, 2.24) is 4.90 Å². The van der Waals surface area contributed by atoms with Crippen molar-refractivity contribution in [2.45, 2.75) is 10.8 Å². The molecule has 0 aliphatic carbocycles. The molecule has 174 valence electrons. The Bertz CT molecular complexity index is 1160. The fourth-order valence-electron chi connectivity index (χ4n) is 2.82. The minimum atomic E-state index is -3.63. The van der Waals surface area contributed by atoms with Crippen LogP contribution in [-0.4, -0.2) is 52.5 Å². The van der Waals surface area contributed by atoms with Gasteiger partial charge in [0.25, 0.3) is 15.9 Å². The summed E-state index contributed by atoms with van der Waals surface area (Å²) in [7, 11) is -0.527. The maximum Gasteiger partial charge on any atom is 0.344 e. The van der Waals surface area contributed by atoms with Crippen molar-refractivity contribution in [1.29, 1.82) is 0 Å². The van der Waals surface area contributed by atoms with Gasteiger partial charge in [-0.3, -0.25) is 9.10 Å². The van der Waals surface area contributed by atoms with Crippen molar-refractivity contribution >= 4 is 38.9 Å². The molecule has 1 heterocycles. The SMILES string of the molecule is CN(Cc1ccccc1)C(=O)COC(=O)COc1ccc(N(C)S(=O)(=O)c2cccs2)cc1. The second-order valence-corrected chi connectivity index (χ2v) is 10.2. The molecule has 0 aliphatic rings. The zero-order chi connectivity index (χ0) is 23.8. The number of carbonyl (C=O) groups is 2. The fraction of sp³-hybridized carbons (Fsp3) is 0.217. The zero-order valence-corrected chi connectivity index (χ0v) is 19.8. The minimum Gasteiger partial charge on any atom is -0.482 e. The Morgan fingerprint density at radius 1 is 0.909 bits per heavy atom. The molecule has 3 rings (SSSR count). The van der Waals surface area contributed by atoms with Crippen LogP contribution in [0.4, 0.5) is 5.69 Å². The van der Waals surface area contributed by atoms with Gasteiger partial charge in [-0.05, 0) is 41.3 Å². The molecule has 1 aromatic heterocycles. The van der Waals surface area contributed by atoms with E-state index in [-0.39, 0.29) is 23.3 Å². The van der Waals surface area contributed by atoms with Crippen LogP contribution < -0.4 is 9.04 Å². The van der Waals surface area contributed by atoms with Crippen molar-refractivity contribution in [3.05, 3.63) is 77.7 Å². The predicted octanol–water partition coefficient (Wildman–Crippen LogP) is 3.15. The lowest BCUT2D eigenvalue weighted by Crippen LogP contribution is -2.31. The quantitative estimate of drug-likeness (QED) is 0.407. The van der Waals surface area contributed by atoms with Crippen LogP contribution in [0, 0.1) is 0 Å². The van der Waals surface area contributed by atoms with E-state index < -0.39 is 16.0 Å². The molecule has 33 heavy (non-hydrogen) atoms. The lowest BCUT2D eigenvalue weighted by molar-refractivity contribution is -0.153. The molecular formula is C23H24N2O6S2. The highest BCUT2D eigenvalue weighted by atomic mass is 32.2. The number of nitrogens with zero attached hydrogens (tertiary/aromatic N) is 2. The van der Waals surface area contributed by atoms with Crippen LogP contribution in [0.1, 0.15) is 5.56 Å². The van der Waals surface area contributed by atoms with E-state index in [2.05, 4.69) is 0 Å². The second kappa shape index (κ2) is 11.0. The molecule has 0 atom stereocenters. The van der Waals surface area contributed by atoms with Crippen molar-refractivity contribution in [2.24, 2.45) is 0 Å². The number of hydrogen-bond acceptors (Lipinski definition) is 7. The summed E-state index contributed by atoms with van der Waals surface area (Å²) in [5, 5.41) is 1.70. The maximum absolute atomic E-state index is 12.6. The summed E-state index contributed by atoms with van der Waals surface area (Å²) >= 11 is 1.14. The monoisotopic (exact) mass is 488 g/mol. The van der Waals surface area contributed by atoms with Gasteiger partial charge in [-0.2, -0.15) is 0 Å². The number of likely N-dealkylation sites (N-methyl/N-ethyl adjacent to an activating group) is 1. The lowest BCUT2D eigenvalue weighted by Gasteiger charge is -2.19. The molecule has 0 saturated heterocycles. The number of carbonyl (C=O) groups excluding carboxylic acids is 2. The molecule has 2 aromatic carbocycles. The highest BCUT2D eigenvalue weighted by Gasteiger charge is 2.22. The van der Waals surface area contributed by atoms with E-state index in [1.807, 2.05) is 30.3 Å². The van der Waals surface area contributed by atoms with Gasteiger partial charge in [-0.15, -0.1) is 11.3 Å². The van der Waals surface area contributed by atoms with Gasteiger partial charge >= 0.3 is 5.97 Å². The zero-order valence-electron chi connectivity index (χ0n) is 18.2. The number of esters is 1. The fourth-order valence-corrected chi connectivity index (χ4v) is 5.17. The molecule has 1 amide bonds. The molecule has 0 unspecified atom stereocenters. The van der Waals surface area contributed by atoms with Gasteiger partial charge in [-0.25, -0.2) is 13.2 Å². The van der Waals surface area contributed by atoms with Gasteiger partial charge in [0.15, 0.2) is 13.2 Å². The maximum atomic E-state index is 12.6. The summed E-state index contributed by atoms with van der Waals surface area (Å²) in [6.45, 7) is -0.342. The molecule has 0 aliphatic heterocycles. The second-order valence-electron chi connectivity index (χ2n) is 7.08. The first-order chi connectivity index (χ1) is 15.8.